The highest BCUT2D eigenvalue weighted by Gasteiger charge is 2.35. The largest absolute Gasteiger partial charge is 0.377 e. The average Bonchev–Trinajstić information content (AvgIpc) is 3.01. The van der Waals surface area contributed by atoms with Gasteiger partial charge in [-0.2, -0.15) is 0 Å². The van der Waals surface area contributed by atoms with Gasteiger partial charge in [0.25, 0.3) is 0 Å². The molecule has 1 N–H and O–H groups in total. The molecule has 25 heavy (non-hydrogen) atoms. The molecular weight excluding hydrogens is 316 g/mol. The third kappa shape index (κ3) is 5.85. The molecular formula is C20H30N2O3. The molecule has 1 saturated heterocycles. The van der Waals surface area contributed by atoms with E-state index < -0.39 is 0 Å². The second kappa shape index (κ2) is 8.48. The van der Waals surface area contributed by atoms with Crippen LogP contribution in [-0.2, 0) is 20.9 Å². The van der Waals surface area contributed by atoms with E-state index in [1.54, 1.807) is 4.90 Å². The van der Waals surface area contributed by atoms with Gasteiger partial charge in [-0.15, -0.1) is 0 Å². The molecule has 2 amide bonds. The van der Waals surface area contributed by atoms with Gasteiger partial charge in [0.2, 0.25) is 11.8 Å². The second-order valence-corrected chi connectivity index (χ2v) is 7.81. The van der Waals surface area contributed by atoms with E-state index in [1.807, 2.05) is 52.0 Å². The molecule has 0 aliphatic carbocycles. The minimum Gasteiger partial charge on any atom is -0.377 e. The van der Waals surface area contributed by atoms with Gasteiger partial charge in [-0.3, -0.25) is 9.59 Å². The lowest BCUT2D eigenvalue weighted by Gasteiger charge is -2.27. The summed E-state index contributed by atoms with van der Waals surface area (Å²) in [7, 11) is 0. The van der Waals surface area contributed by atoms with Crippen molar-refractivity contribution in [1.29, 1.82) is 0 Å². The van der Waals surface area contributed by atoms with Crippen molar-refractivity contribution in [2.75, 3.05) is 18.5 Å². The number of hydrogen-bond donors (Lipinski definition) is 1. The summed E-state index contributed by atoms with van der Waals surface area (Å²) in [5.41, 5.74) is 1.69. The topological polar surface area (TPSA) is 58.6 Å². The van der Waals surface area contributed by atoms with Gasteiger partial charge in [0.1, 0.15) is 6.04 Å². The number of carbonyl (C=O) groups is 2. The summed E-state index contributed by atoms with van der Waals surface area (Å²) in [6.45, 7) is 9.93. The van der Waals surface area contributed by atoms with Gasteiger partial charge in [-0.05, 0) is 42.9 Å². The first-order valence-electron chi connectivity index (χ1n) is 9.07. The van der Waals surface area contributed by atoms with Gasteiger partial charge >= 0.3 is 0 Å². The number of nitrogens with zero attached hydrogens (tertiary/aromatic N) is 1. The fourth-order valence-electron chi connectivity index (χ4n) is 3.08. The molecule has 0 spiro atoms. The van der Waals surface area contributed by atoms with Crippen LogP contribution in [0.5, 0.6) is 0 Å². The maximum Gasteiger partial charge on any atom is 0.247 e. The van der Waals surface area contributed by atoms with E-state index in [2.05, 4.69) is 5.32 Å². The Morgan fingerprint density at radius 1 is 1.32 bits per heavy atom. The lowest BCUT2D eigenvalue weighted by Crippen LogP contribution is -2.44. The summed E-state index contributed by atoms with van der Waals surface area (Å²) in [6, 6.07) is 7.29. The zero-order valence-electron chi connectivity index (χ0n) is 15.8. The molecule has 1 aliphatic rings. The van der Waals surface area contributed by atoms with Crippen molar-refractivity contribution >= 4 is 17.5 Å². The molecule has 0 radical (unpaired) electrons. The summed E-state index contributed by atoms with van der Waals surface area (Å²) in [4.78, 5) is 27.0. The predicted molar refractivity (Wildman–Crippen MR) is 99.2 cm³/mol. The first-order chi connectivity index (χ1) is 11.8. The number of likely N-dealkylation sites (tertiary alicyclic amines) is 1. The maximum absolute atomic E-state index is 12.7. The van der Waals surface area contributed by atoms with Crippen molar-refractivity contribution in [3.05, 3.63) is 29.8 Å². The Balaban J connectivity index is 2.00. The lowest BCUT2D eigenvalue weighted by molar-refractivity contribution is -0.138. The number of nitrogens with one attached hydrogen (secondary N) is 1. The Morgan fingerprint density at radius 3 is 2.76 bits per heavy atom. The Hall–Kier alpha value is -1.88. The molecule has 1 atom stereocenters. The number of rotatable bonds is 6. The first kappa shape index (κ1) is 19.4. The normalized spacial score (nSPS) is 17.6. The molecule has 5 nitrogen and oxygen atoms in total. The molecule has 138 valence electrons. The molecule has 0 saturated carbocycles. The molecule has 1 aromatic rings. The third-order valence-corrected chi connectivity index (χ3v) is 4.22. The highest BCUT2D eigenvalue weighted by atomic mass is 16.5. The summed E-state index contributed by atoms with van der Waals surface area (Å²) in [6.07, 6.45) is 2.05. The zero-order valence-corrected chi connectivity index (χ0v) is 15.8. The minimum atomic E-state index is -0.370. The molecule has 2 rings (SSSR count). The second-order valence-electron chi connectivity index (χ2n) is 7.81. The smallest absolute Gasteiger partial charge is 0.247 e. The van der Waals surface area contributed by atoms with Gasteiger partial charge in [0, 0.05) is 25.3 Å². The zero-order chi connectivity index (χ0) is 18.4. The number of benzene rings is 1. The van der Waals surface area contributed by atoms with Crippen LogP contribution >= 0.6 is 0 Å². The van der Waals surface area contributed by atoms with Crippen LogP contribution in [-0.4, -0.2) is 35.9 Å². The van der Waals surface area contributed by atoms with Gasteiger partial charge < -0.3 is 15.0 Å². The highest BCUT2D eigenvalue weighted by Crippen LogP contribution is 2.25. The van der Waals surface area contributed by atoms with Crippen LogP contribution in [0.2, 0.25) is 0 Å². The monoisotopic (exact) mass is 346 g/mol. The number of carbonyl (C=O) groups excluding carboxylic acids is 2. The molecule has 0 aromatic heterocycles. The van der Waals surface area contributed by atoms with Gasteiger partial charge in [-0.1, -0.05) is 32.9 Å². The minimum absolute atomic E-state index is 0.0650. The fraction of sp³-hybridized carbons (Fsp3) is 0.600. The van der Waals surface area contributed by atoms with Crippen LogP contribution in [0.15, 0.2) is 24.3 Å². The van der Waals surface area contributed by atoms with Gasteiger partial charge in [0.15, 0.2) is 0 Å². The molecule has 5 heteroatoms. The first-order valence-corrected chi connectivity index (χ1v) is 9.07. The van der Waals surface area contributed by atoms with Crippen molar-refractivity contribution in [3.8, 4) is 0 Å². The number of hydrogen-bond acceptors (Lipinski definition) is 3. The van der Waals surface area contributed by atoms with Crippen molar-refractivity contribution < 1.29 is 14.3 Å². The third-order valence-electron chi connectivity index (χ3n) is 4.22. The van der Waals surface area contributed by atoms with E-state index >= 15 is 0 Å². The van der Waals surface area contributed by atoms with E-state index in [9.17, 15) is 9.59 Å². The van der Waals surface area contributed by atoms with Crippen molar-refractivity contribution in [1.82, 2.24) is 4.90 Å². The van der Waals surface area contributed by atoms with Crippen molar-refractivity contribution in [3.63, 3.8) is 0 Å². The lowest BCUT2D eigenvalue weighted by atomic mass is 9.91. The van der Waals surface area contributed by atoms with E-state index in [1.165, 1.54) is 0 Å². The Morgan fingerprint density at radius 2 is 2.08 bits per heavy atom. The molecule has 1 fully saturated rings. The van der Waals surface area contributed by atoms with Crippen LogP contribution in [0.25, 0.3) is 0 Å². The summed E-state index contributed by atoms with van der Waals surface area (Å²) >= 11 is 0. The number of amides is 2. The van der Waals surface area contributed by atoms with Crippen LogP contribution < -0.4 is 5.32 Å². The quantitative estimate of drug-likeness (QED) is 0.856. The Bertz CT molecular complexity index is 607. The maximum atomic E-state index is 12.7. The molecule has 1 heterocycles. The van der Waals surface area contributed by atoms with E-state index in [4.69, 9.17) is 4.74 Å². The standard InChI is InChI=1S/C20H30N2O3/c1-5-25-14-15-8-6-9-16(12-15)21-19(24)17-10-7-11-22(17)18(23)13-20(2,3)4/h6,8-9,12,17H,5,7,10-11,13-14H2,1-4H3,(H,21,24). The summed E-state index contributed by atoms with van der Waals surface area (Å²) in [5, 5.41) is 2.96. The van der Waals surface area contributed by atoms with E-state index in [-0.39, 0.29) is 23.3 Å². The Kier molecular flexibility index (Phi) is 6.59. The number of ether oxygens (including phenoxy) is 1. The molecule has 1 aromatic carbocycles. The van der Waals surface area contributed by atoms with Gasteiger partial charge in [-0.25, -0.2) is 0 Å². The van der Waals surface area contributed by atoms with Crippen LogP contribution in [0.3, 0.4) is 0 Å². The SMILES string of the molecule is CCOCc1cccc(NC(=O)C2CCCN2C(=O)CC(C)(C)C)c1. The fourth-order valence-corrected chi connectivity index (χ4v) is 3.08. The molecule has 1 unspecified atom stereocenters. The van der Waals surface area contributed by atoms with Crippen LogP contribution in [0.4, 0.5) is 5.69 Å². The highest BCUT2D eigenvalue weighted by molar-refractivity contribution is 5.97. The Labute approximate surface area is 150 Å². The average molecular weight is 346 g/mol. The van der Waals surface area contributed by atoms with Crippen molar-refractivity contribution in [2.24, 2.45) is 5.41 Å². The van der Waals surface area contributed by atoms with E-state index in [0.717, 1.165) is 24.1 Å². The van der Waals surface area contributed by atoms with E-state index in [0.29, 0.717) is 26.2 Å². The number of anilines is 1. The molecule has 1 aliphatic heterocycles. The summed E-state index contributed by atoms with van der Waals surface area (Å²) < 4.78 is 5.41. The van der Waals surface area contributed by atoms with Gasteiger partial charge in [0.05, 0.1) is 6.61 Å². The van der Waals surface area contributed by atoms with Crippen LogP contribution in [0, 0.1) is 5.41 Å². The van der Waals surface area contributed by atoms with Crippen molar-refractivity contribution in [2.45, 2.75) is 59.6 Å². The van der Waals surface area contributed by atoms with Crippen LogP contribution in [0.1, 0.15) is 52.5 Å². The summed E-state index contributed by atoms with van der Waals surface area (Å²) in [5.74, 6) is -0.0384. The molecule has 0 bridgehead atoms. The predicted octanol–water partition coefficient (Wildman–Crippen LogP) is 3.59.